The monoisotopic (exact) mass is 272 g/mol. The first kappa shape index (κ1) is 13.6. The molecule has 3 rings (SSSR count). The summed E-state index contributed by atoms with van der Waals surface area (Å²) in [5.74, 6) is 1.51. The predicted molar refractivity (Wildman–Crippen MR) is 80.6 cm³/mol. The van der Waals surface area contributed by atoms with Crippen molar-refractivity contribution in [3.05, 3.63) is 35.9 Å². The Balaban J connectivity index is 1.63. The van der Waals surface area contributed by atoms with Gasteiger partial charge in [-0.25, -0.2) is 0 Å². The first-order valence-electron chi connectivity index (χ1n) is 7.75. The summed E-state index contributed by atoms with van der Waals surface area (Å²) < 4.78 is 0. The van der Waals surface area contributed by atoms with E-state index in [0.29, 0.717) is 18.2 Å². The summed E-state index contributed by atoms with van der Waals surface area (Å²) in [6.45, 7) is 3.79. The first-order valence-corrected chi connectivity index (χ1v) is 7.75. The quantitative estimate of drug-likeness (QED) is 0.840. The lowest BCUT2D eigenvalue weighted by molar-refractivity contribution is -0.133. The van der Waals surface area contributed by atoms with E-state index in [1.807, 2.05) is 0 Å². The van der Waals surface area contributed by atoms with Gasteiger partial charge in [-0.15, -0.1) is 0 Å². The molecule has 0 radical (unpaired) electrons. The fraction of sp³-hybridized carbons (Fsp3) is 0.588. The SMILES string of the molecule is CN1CCN(C(=O)C[C@H](c2ccccc2)C2CC2)CC1. The lowest BCUT2D eigenvalue weighted by atomic mass is 9.90. The van der Waals surface area contributed by atoms with E-state index in [0.717, 1.165) is 32.1 Å². The highest BCUT2D eigenvalue weighted by molar-refractivity contribution is 5.77. The highest BCUT2D eigenvalue weighted by atomic mass is 16.2. The van der Waals surface area contributed by atoms with E-state index >= 15 is 0 Å². The van der Waals surface area contributed by atoms with Crippen LogP contribution < -0.4 is 0 Å². The van der Waals surface area contributed by atoms with Crippen LogP contribution in [0.15, 0.2) is 30.3 Å². The minimum absolute atomic E-state index is 0.346. The van der Waals surface area contributed by atoms with Gasteiger partial charge in [0.25, 0.3) is 0 Å². The van der Waals surface area contributed by atoms with Crippen molar-refractivity contribution in [2.75, 3.05) is 33.2 Å². The standard InChI is InChI=1S/C17H24N2O/c1-18-9-11-19(12-10-18)17(20)13-16(15-7-8-15)14-5-3-2-4-6-14/h2-6,15-16H,7-13H2,1H3/t16-/m1/s1. The Labute approximate surface area is 121 Å². The van der Waals surface area contributed by atoms with Gasteiger partial charge >= 0.3 is 0 Å². The van der Waals surface area contributed by atoms with Gasteiger partial charge in [0.15, 0.2) is 0 Å². The molecule has 20 heavy (non-hydrogen) atoms. The Kier molecular flexibility index (Phi) is 4.06. The van der Waals surface area contributed by atoms with Crippen molar-refractivity contribution >= 4 is 5.91 Å². The van der Waals surface area contributed by atoms with Gasteiger partial charge in [0, 0.05) is 32.6 Å². The van der Waals surface area contributed by atoms with Gasteiger partial charge in [-0.05, 0) is 37.3 Å². The summed E-state index contributed by atoms with van der Waals surface area (Å²) in [6, 6.07) is 10.6. The highest BCUT2D eigenvalue weighted by Gasteiger charge is 2.34. The van der Waals surface area contributed by atoms with Gasteiger partial charge < -0.3 is 9.80 Å². The number of hydrogen-bond donors (Lipinski definition) is 0. The van der Waals surface area contributed by atoms with Crippen LogP contribution in [0, 0.1) is 5.92 Å². The van der Waals surface area contributed by atoms with Crippen molar-refractivity contribution < 1.29 is 4.79 Å². The second-order valence-corrected chi connectivity index (χ2v) is 6.24. The van der Waals surface area contributed by atoms with Gasteiger partial charge in [0.1, 0.15) is 0 Å². The summed E-state index contributed by atoms with van der Waals surface area (Å²) in [7, 11) is 2.12. The number of carbonyl (C=O) groups is 1. The van der Waals surface area contributed by atoms with Crippen molar-refractivity contribution in [3.63, 3.8) is 0 Å². The first-order chi connectivity index (χ1) is 9.74. The Bertz CT molecular complexity index is 447. The van der Waals surface area contributed by atoms with Crippen LogP contribution in [-0.4, -0.2) is 48.9 Å². The molecule has 1 aromatic carbocycles. The molecule has 2 fully saturated rings. The Morgan fingerprint density at radius 1 is 1.15 bits per heavy atom. The fourth-order valence-electron chi connectivity index (χ4n) is 3.13. The topological polar surface area (TPSA) is 23.6 Å². The lowest BCUT2D eigenvalue weighted by Gasteiger charge is -2.33. The van der Waals surface area contributed by atoms with E-state index in [1.54, 1.807) is 0 Å². The van der Waals surface area contributed by atoms with Gasteiger partial charge in [-0.1, -0.05) is 30.3 Å². The molecule has 1 aliphatic heterocycles. The van der Waals surface area contributed by atoms with Crippen LogP contribution in [0.25, 0.3) is 0 Å². The molecule has 1 heterocycles. The van der Waals surface area contributed by atoms with E-state index in [4.69, 9.17) is 0 Å². The van der Waals surface area contributed by atoms with Gasteiger partial charge in [-0.2, -0.15) is 0 Å². The molecule has 3 heteroatoms. The van der Waals surface area contributed by atoms with Crippen molar-refractivity contribution in [1.82, 2.24) is 9.80 Å². The number of benzene rings is 1. The molecule has 0 spiro atoms. The second kappa shape index (κ2) is 5.96. The zero-order chi connectivity index (χ0) is 13.9. The molecule has 108 valence electrons. The van der Waals surface area contributed by atoms with Gasteiger partial charge in [-0.3, -0.25) is 4.79 Å². The van der Waals surface area contributed by atoms with E-state index in [9.17, 15) is 4.79 Å². The molecule has 0 bridgehead atoms. The smallest absolute Gasteiger partial charge is 0.223 e. The Morgan fingerprint density at radius 2 is 1.80 bits per heavy atom. The molecule has 0 unspecified atom stereocenters. The summed E-state index contributed by atoms with van der Waals surface area (Å²) in [4.78, 5) is 16.9. The second-order valence-electron chi connectivity index (χ2n) is 6.24. The number of hydrogen-bond acceptors (Lipinski definition) is 2. The number of carbonyl (C=O) groups excluding carboxylic acids is 1. The molecule has 1 saturated heterocycles. The third kappa shape index (κ3) is 3.21. The Hall–Kier alpha value is -1.35. The third-order valence-electron chi connectivity index (χ3n) is 4.67. The molecular weight excluding hydrogens is 248 g/mol. The molecule has 3 nitrogen and oxygen atoms in total. The van der Waals surface area contributed by atoms with E-state index < -0.39 is 0 Å². The number of likely N-dealkylation sites (N-methyl/N-ethyl adjacent to an activating group) is 1. The van der Waals surface area contributed by atoms with Crippen LogP contribution in [0.2, 0.25) is 0 Å². The zero-order valence-electron chi connectivity index (χ0n) is 12.3. The van der Waals surface area contributed by atoms with Crippen LogP contribution in [0.5, 0.6) is 0 Å². The molecule has 0 N–H and O–H groups in total. The highest BCUT2D eigenvalue weighted by Crippen LogP contribution is 2.44. The molecular formula is C17H24N2O. The maximum atomic E-state index is 12.5. The average Bonchev–Trinajstić information content (AvgIpc) is 3.31. The maximum Gasteiger partial charge on any atom is 0.223 e. The molecule has 1 amide bonds. The number of nitrogens with zero attached hydrogens (tertiary/aromatic N) is 2. The number of rotatable bonds is 4. The molecule has 1 aliphatic carbocycles. The zero-order valence-corrected chi connectivity index (χ0v) is 12.3. The molecule has 1 aromatic rings. The van der Waals surface area contributed by atoms with Gasteiger partial charge in [0.05, 0.1) is 0 Å². The fourth-order valence-corrected chi connectivity index (χ4v) is 3.13. The molecule has 1 atom stereocenters. The molecule has 0 aromatic heterocycles. The third-order valence-corrected chi connectivity index (χ3v) is 4.67. The van der Waals surface area contributed by atoms with Crippen LogP contribution in [0.4, 0.5) is 0 Å². The molecule has 1 saturated carbocycles. The van der Waals surface area contributed by atoms with Crippen molar-refractivity contribution in [3.8, 4) is 0 Å². The summed E-state index contributed by atoms with van der Waals surface area (Å²) in [6.07, 6.45) is 3.27. The number of piperazine rings is 1. The molecule has 2 aliphatic rings. The van der Waals surface area contributed by atoms with Crippen LogP contribution >= 0.6 is 0 Å². The van der Waals surface area contributed by atoms with E-state index in [-0.39, 0.29) is 0 Å². The average molecular weight is 272 g/mol. The van der Waals surface area contributed by atoms with E-state index in [1.165, 1.54) is 18.4 Å². The summed E-state index contributed by atoms with van der Waals surface area (Å²) in [5.41, 5.74) is 1.34. The minimum atomic E-state index is 0.346. The Morgan fingerprint density at radius 3 is 2.40 bits per heavy atom. The van der Waals surface area contributed by atoms with Crippen molar-refractivity contribution in [2.24, 2.45) is 5.92 Å². The van der Waals surface area contributed by atoms with Crippen molar-refractivity contribution in [2.45, 2.75) is 25.2 Å². The van der Waals surface area contributed by atoms with Crippen LogP contribution in [0.3, 0.4) is 0 Å². The normalized spacial score (nSPS) is 21.8. The minimum Gasteiger partial charge on any atom is -0.340 e. The maximum absolute atomic E-state index is 12.5. The largest absolute Gasteiger partial charge is 0.340 e. The summed E-state index contributed by atoms with van der Waals surface area (Å²) in [5, 5.41) is 0. The number of amides is 1. The van der Waals surface area contributed by atoms with Crippen molar-refractivity contribution in [1.29, 1.82) is 0 Å². The summed E-state index contributed by atoms with van der Waals surface area (Å²) >= 11 is 0. The van der Waals surface area contributed by atoms with Gasteiger partial charge in [0.2, 0.25) is 5.91 Å². The predicted octanol–water partition coefficient (Wildman–Crippen LogP) is 2.34. The van der Waals surface area contributed by atoms with E-state index in [2.05, 4.69) is 47.2 Å². The lowest BCUT2D eigenvalue weighted by Crippen LogP contribution is -2.47. The van der Waals surface area contributed by atoms with Crippen LogP contribution in [-0.2, 0) is 4.79 Å². The van der Waals surface area contributed by atoms with Crippen LogP contribution in [0.1, 0.15) is 30.7 Å².